The summed E-state index contributed by atoms with van der Waals surface area (Å²) in [7, 11) is 0. The number of pyridine rings is 1. The quantitative estimate of drug-likeness (QED) is 0.426. The number of rotatable bonds is 6. The first kappa shape index (κ1) is 20.8. The molecule has 0 amide bonds. The Morgan fingerprint density at radius 2 is 1.90 bits per heavy atom. The Bertz CT molecular complexity index is 1110. The van der Waals surface area contributed by atoms with Crippen LogP contribution in [-0.4, -0.2) is 39.4 Å². The van der Waals surface area contributed by atoms with Crippen LogP contribution in [0.5, 0.6) is 5.88 Å². The highest BCUT2D eigenvalue weighted by atomic mass is 35.5. The highest BCUT2D eigenvalue weighted by Gasteiger charge is 2.23. The molecule has 1 aliphatic rings. The van der Waals surface area contributed by atoms with Crippen molar-refractivity contribution in [3.63, 3.8) is 0 Å². The van der Waals surface area contributed by atoms with E-state index < -0.39 is 10.5 Å². The molecule has 2 aromatic heterocycles. The van der Waals surface area contributed by atoms with Gasteiger partial charge in [-0.05, 0) is 37.0 Å². The maximum atomic E-state index is 12.8. The van der Waals surface area contributed by atoms with Gasteiger partial charge >= 0.3 is 0 Å². The number of benzene rings is 1. The lowest BCUT2D eigenvalue weighted by atomic mass is 9.97. The van der Waals surface area contributed by atoms with Gasteiger partial charge in [-0.25, -0.2) is 4.98 Å². The summed E-state index contributed by atoms with van der Waals surface area (Å²) in [5, 5.41) is 15.1. The summed E-state index contributed by atoms with van der Waals surface area (Å²) in [6, 6.07) is 11.1. The number of hydrogen-bond donors (Lipinski definition) is 0. The third-order valence-corrected chi connectivity index (χ3v) is 5.62. The number of aromatic nitrogens is 3. The van der Waals surface area contributed by atoms with Gasteiger partial charge in [0.15, 0.2) is 0 Å². The van der Waals surface area contributed by atoms with Crippen LogP contribution in [0.15, 0.2) is 59.7 Å². The summed E-state index contributed by atoms with van der Waals surface area (Å²) < 4.78 is 6.90. The second-order valence-electron chi connectivity index (χ2n) is 7.24. The SMILES string of the molecule is O=c1c(Cl)c(N2CCC(COc3ccccn3)CC2)cnn1-c1ccc([N+](=O)[O-])cc1. The van der Waals surface area contributed by atoms with Gasteiger partial charge in [0.2, 0.25) is 5.88 Å². The largest absolute Gasteiger partial charge is 0.477 e. The van der Waals surface area contributed by atoms with Crippen molar-refractivity contribution in [2.24, 2.45) is 5.92 Å². The second kappa shape index (κ2) is 9.13. The molecule has 4 rings (SSSR count). The zero-order valence-corrected chi connectivity index (χ0v) is 17.3. The summed E-state index contributed by atoms with van der Waals surface area (Å²) in [6.45, 7) is 2.07. The standard InChI is InChI=1S/C21H20ClN5O4/c22-20-18(13-24-26(21(20)28)16-4-6-17(7-5-16)27(29)30)25-11-8-15(9-12-25)14-31-19-3-1-2-10-23-19/h1-7,10,13,15H,8-9,11-12,14H2. The zero-order valence-electron chi connectivity index (χ0n) is 16.6. The van der Waals surface area contributed by atoms with Crippen molar-refractivity contribution in [3.05, 3.63) is 80.3 Å². The first-order valence-corrected chi connectivity index (χ1v) is 10.2. The summed E-state index contributed by atoms with van der Waals surface area (Å²) >= 11 is 6.38. The van der Waals surface area contributed by atoms with Crippen molar-refractivity contribution >= 4 is 23.0 Å². The Kier molecular flexibility index (Phi) is 6.13. The van der Waals surface area contributed by atoms with Crippen molar-refractivity contribution in [2.75, 3.05) is 24.6 Å². The van der Waals surface area contributed by atoms with Crippen LogP contribution in [0.4, 0.5) is 11.4 Å². The van der Waals surface area contributed by atoms with Crippen LogP contribution in [0.2, 0.25) is 5.02 Å². The number of piperidine rings is 1. The molecule has 1 aliphatic heterocycles. The molecular formula is C21H20ClN5O4. The number of nitro benzene ring substituents is 1. The fourth-order valence-corrected chi connectivity index (χ4v) is 3.77. The number of halogens is 1. The number of nitrogens with zero attached hydrogens (tertiary/aromatic N) is 5. The molecule has 31 heavy (non-hydrogen) atoms. The van der Waals surface area contributed by atoms with E-state index in [1.165, 1.54) is 24.3 Å². The molecule has 0 atom stereocenters. The first-order valence-electron chi connectivity index (χ1n) is 9.84. The van der Waals surface area contributed by atoms with Crippen molar-refractivity contribution in [3.8, 4) is 11.6 Å². The predicted molar refractivity (Wildman–Crippen MR) is 116 cm³/mol. The van der Waals surface area contributed by atoms with Gasteiger partial charge in [-0.15, -0.1) is 0 Å². The molecule has 10 heteroatoms. The molecule has 0 radical (unpaired) electrons. The average molecular weight is 442 g/mol. The van der Waals surface area contributed by atoms with Gasteiger partial charge in [-0.1, -0.05) is 17.7 Å². The Morgan fingerprint density at radius 1 is 1.16 bits per heavy atom. The maximum absolute atomic E-state index is 12.8. The Morgan fingerprint density at radius 3 is 2.55 bits per heavy atom. The van der Waals surface area contributed by atoms with E-state index in [2.05, 4.69) is 10.1 Å². The minimum atomic E-state index is -0.499. The topological polar surface area (TPSA) is 103 Å². The zero-order chi connectivity index (χ0) is 21.8. The van der Waals surface area contributed by atoms with Crippen LogP contribution in [0, 0.1) is 16.0 Å². The van der Waals surface area contributed by atoms with E-state index >= 15 is 0 Å². The average Bonchev–Trinajstić information content (AvgIpc) is 2.81. The molecule has 9 nitrogen and oxygen atoms in total. The molecule has 1 fully saturated rings. The van der Waals surface area contributed by atoms with Gasteiger partial charge in [-0.3, -0.25) is 14.9 Å². The Labute approximate surface area is 183 Å². The number of non-ortho nitro benzene ring substituents is 1. The lowest BCUT2D eigenvalue weighted by Crippen LogP contribution is -2.37. The van der Waals surface area contributed by atoms with Crippen LogP contribution in [-0.2, 0) is 0 Å². The summed E-state index contributed by atoms with van der Waals surface area (Å²) in [5.74, 6) is 1.01. The van der Waals surface area contributed by atoms with Crippen LogP contribution in [0.25, 0.3) is 5.69 Å². The summed E-state index contributed by atoms with van der Waals surface area (Å²) in [6.07, 6.45) is 5.06. The Balaban J connectivity index is 1.42. The lowest BCUT2D eigenvalue weighted by molar-refractivity contribution is -0.384. The van der Waals surface area contributed by atoms with Crippen molar-refractivity contribution in [1.29, 1.82) is 0 Å². The van der Waals surface area contributed by atoms with Crippen LogP contribution in [0.1, 0.15) is 12.8 Å². The minimum absolute atomic E-state index is 0.0607. The van der Waals surface area contributed by atoms with E-state index in [1.54, 1.807) is 12.4 Å². The lowest BCUT2D eigenvalue weighted by Gasteiger charge is -2.33. The molecule has 3 aromatic rings. The highest BCUT2D eigenvalue weighted by molar-refractivity contribution is 6.33. The van der Waals surface area contributed by atoms with E-state index in [0.29, 0.717) is 29.8 Å². The first-order chi connectivity index (χ1) is 15.0. The van der Waals surface area contributed by atoms with E-state index in [4.69, 9.17) is 16.3 Å². The molecule has 3 heterocycles. The molecule has 0 N–H and O–H groups in total. The van der Waals surface area contributed by atoms with Crippen molar-refractivity contribution < 1.29 is 9.66 Å². The molecule has 0 bridgehead atoms. The number of anilines is 1. The van der Waals surface area contributed by atoms with E-state index in [9.17, 15) is 14.9 Å². The smallest absolute Gasteiger partial charge is 0.292 e. The maximum Gasteiger partial charge on any atom is 0.292 e. The van der Waals surface area contributed by atoms with Gasteiger partial charge in [0.05, 0.1) is 29.1 Å². The van der Waals surface area contributed by atoms with Crippen molar-refractivity contribution in [1.82, 2.24) is 14.8 Å². The third kappa shape index (κ3) is 4.66. The number of hydrogen-bond acceptors (Lipinski definition) is 7. The van der Waals surface area contributed by atoms with Crippen LogP contribution < -0.4 is 15.2 Å². The molecule has 0 saturated carbocycles. The van der Waals surface area contributed by atoms with Gasteiger partial charge in [0.1, 0.15) is 5.02 Å². The van der Waals surface area contributed by atoms with Gasteiger partial charge < -0.3 is 9.64 Å². The number of ether oxygens (including phenoxy) is 1. The van der Waals surface area contributed by atoms with Crippen LogP contribution >= 0.6 is 11.6 Å². The fourth-order valence-electron chi connectivity index (χ4n) is 3.52. The van der Waals surface area contributed by atoms with Gasteiger partial charge in [-0.2, -0.15) is 9.78 Å². The predicted octanol–water partition coefficient (Wildman–Crippen LogP) is 3.48. The molecular weight excluding hydrogens is 422 g/mol. The fraction of sp³-hybridized carbons (Fsp3) is 0.286. The van der Waals surface area contributed by atoms with E-state index in [0.717, 1.165) is 30.6 Å². The van der Waals surface area contributed by atoms with E-state index in [1.807, 2.05) is 23.1 Å². The van der Waals surface area contributed by atoms with Gasteiger partial charge in [0.25, 0.3) is 11.2 Å². The summed E-state index contributed by atoms with van der Waals surface area (Å²) in [4.78, 5) is 29.3. The summed E-state index contributed by atoms with van der Waals surface area (Å²) in [5.41, 5.74) is 0.478. The molecule has 0 unspecified atom stereocenters. The third-order valence-electron chi connectivity index (χ3n) is 5.27. The molecule has 0 aliphatic carbocycles. The molecule has 0 spiro atoms. The second-order valence-corrected chi connectivity index (χ2v) is 7.62. The minimum Gasteiger partial charge on any atom is -0.477 e. The normalized spacial score (nSPS) is 14.4. The molecule has 160 valence electrons. The molecule has 1 saturated heterocycles. The monoisotopic (exact) mass is 441 g/mol. The Hall–Kier alpha value is -3.46. The van der Waals surface area contributed by atoms with E-state index in [-0.39, 0.29) is 10.7 Å². The van der Waals surface area contributed by atoms with Crippen LogP contribution in [0.3, 0.4) is 0 Å². The highest BCUT2D eigenvalue weighted by Crippen LogP contribution is 2.27. The molecule has 1 aromatic carbocycles. The van der Waals surface area contributed by atoms with Crippen molar-refractivity contribution in [2.45, 2.75) is 12.8 Å². The van der Waals surface area contributed by atoms with Gasteiger partial charge in [0, 0.05) is 37.5 Å². The number of nitro groups is 1.